The van der Waals surface area contributed by atoms with Gasteiger partial charge < -0.3 is 25.9 Å². The van der Waals surface area contributed by atoms with Crippen molar-refractivity contribution in [2.45, 2.75) is 6.10 Å². The van der Waals surface area contributed by atoms with E-state index in [9.17, 15) is 5.11 Å². The Morgan fingerprint density at radius 1 is 0.528 bits per heavy atom. The molecule has 0 aliphatic rings. The van der Waals surface area contributed by atoms with Gasteiger partial charge in [-0.05, 0) is 33.0 Å². The summed E-state index contributed by atoms with van der Waals surface area (Å²) >= 11 is 0. The van der Waals surface area contributed by atoms with Gasteiger partial charge in [-0.25, -0.2) is 0 Å². The number of hydrogen-bond acceptors (Lipinski definition) is 5. The summed E-state index contributed by atoms with van der Waals surface area (Å²) in [7, 11) is 0. The van der Waals surface area contributed by atoms with Crippen molar-refractivity contribution in [3.63, 3.8) is 0 Å². The lowest BCUT2D eigenvalue weighted by Gasteiger charge is -2.18. The van der Waals surface area contributed by atoms with Gasteiger partial charge in [-0.3, -0.25) is 0 Å². The van der Waals surface area contributed by atoms with Crippen LogP contribution in [0.5, 0.6) is 0 Å². The average Bonchev–Trinajstić information content (AvgIpc) is 2.95. The number of aliphatic hydroxyl groups is 1. The molecule has 0 spiro atoms. The van der Waals surface area contributed by atoms with Gasteiger partial charge in [-0.2, -0.15) is 0 Å². The summed E-state index contributed by atoms with van der Waals surface area (Å²) in [6.07, 6.45) is -0.742. The number of rotatable bonds is 12. The summed E-state index contributed by atoms with van der Waals surface area (Å²) in [5.74, 6) is 0. The fraction of sp³-hybridized carbons (Fsp3) is 0.172. The van der Waals surface area contributed by atoms with Crippen LogP contribution in [-0.4, -0.2) is 45.2 Å². The van der Waals surface area contributed by atoms with E-state index in [-0.39, 0.29) is 13.8 Å². The number of nitrogens with two attached hydrogens (primary N) is 2. The fourth-order valence-electron chi connectivity index (χ4n) is 4.30. The minimum absolute atomic E-state index is 0.205. The summed E-state index contributed by atoms with van der Waals surface area (Å²) in [6, 6.07) is 36.0. The molecule has 0 aromatic heterocycles. The molecular formula is C29H32B2N2O3. The number of hydrogen-bond donors (Lipinski definition) is 3. The van der Waals surface area contributed by atoms with Gasteiger partial charge in [0.1, 0.15) is 6.10 Å². The van der Waals surface area contributed by atoms with Gasteiger partial charge >= 0.3 is 13.8 Å². The molecule has 36 heavy (non-hydrogen) atoms. The molecule has 7 heteroatoms. The molecule has 4 aromatic carbocycles. The standard InChI is InChI=1S/C29H32B2N2O3/c32-19-21-35-30(25-7-3-1-4-8-25)27-15-11-23(12-16-27)29(34)24-13-17-28(18-14-24)31(36-22-20-33)26-9-5-2-6-10-26/h1-18,29,34H,19-22,32-33H2. The molecule has 0 unspecified atom stereocenters. The first-order valence-corrected chi connectivity index (χ1v) is 12.3. The average molecular weight is 478 g/mol. The van der Waals surface area contributed by atoms with Gasteiger partial charge in [-0.1, -0.05) is 109 Å². The van der Waals surface area contributed by atoms with E-state index < -0.39 is 6.10 Å². The highest BCUT2D eigenvalue weighted by atomic mass is 16.4. The molecule has 4 rings (SSSR count). The normalized spacial score (nSPS) is 11.0. The van der Waals surface area contributed by atoms with Crippen molar-refractivity contribution in [2.75, 3.05) is 26.3 Å². The van der Waals surface area contributed by atoms with Crippen molar-refractivity contribution in [3.8, 4) is 0 Å². The maximum atomic E-state index is 11.1. The molecule has 5 nitrogen and oxygen atoms in total. The van der Waals surface area contributed by atoms with E-state index in [2.05, 4.69) is 0 Å². The molecule has 4 aromatic rings. The maximum Gasteiger partial charge on any atom is 0.361 e. The van der Waals surface area contributed by atoms with Crippen LogP contribution in [0.15, 0.2) is 109 Å². The number of aliphatic hydroxyl groups excluding tert-OH is 1. The molecule has 0 aliphatic carbocycles. The van der Waals surface area contributed by atoms with Crippen LogP contribution in [0, 0.1) is 0 Å². The molecule has 0 fully saturated rings. The Kier molecular flexibility index (Phi) is 9.50. The third-order valence-corrected chi connectivity index (χ3v) is 6.12. The van der Waals surface area contributed by atoms with Gasteiger partial charge in [0.15, 0.2) is 0 Å². The summed E-state index contributed by atoms with van der Waals surface area (Å²) in [5.41, 5.74) is 17.2. The van der Waals surface area contributed by atoms with Crippen LogP contribution >= 0.6 is 0 Å². The first kappa shape index (κ1) is 25.9. The Morgan fingerprint density at radius 3 is 1.19 bits per heavy atom. The van der Waals surface area contributed by atoms with Crippen molar-refractivity contribution in [2.24, 2.45) is 11.5 Å². The second kappa shape index (κ2) is 13.2. The van der Waals surface area contributed by atoms with Crippen LogP contribution in [0.1, 0.15) is 17.2 Å². The van der Waals surface area contributed by atoms with Crippen molar-refractivity contribution in [3.05, 3.63) is 120 Å². The molecule has 0 atom stereocenters. The van der Waals surface area contributed by atoms with Crippen LogP contribution in [-0.2, 0) is 9.31 Å². The predicted molar refractivity (Wildman–Crippen MR) is 150 cm³/mol. The monoisotopic (exact) mass is 478 g/mol. The molecule has 0 amide bonds. The van der Waals surface area contributed by atoms with Gasteiger partial charge in [-0.15, -0.1) is 0 Å². The predicted octanol–water partition coefficient (Wildman–Crippen LogP) is 0.930. The lowest BCUT2D eigenvalue weighted by molar-refractivity contribution is 0.220. The number of benzene rings is 4. The van der Waals surface area contributed by atoms with Crippen molar-refractivity contribution < 1.29 is 14.4 Å². The van der Waals surface area contributed by atoms with Crippen LogP contribution in [0.2, 0.25) is 0 Å². The largest absolute Gasteiger partial charge is 0.426 e. The zero-order valence-electron chi connectivity index (χ0n) is 20.4. The van der Waals surface area contributed by atoms with E-state index in [0.29, 0.717) is 26.3 Å². The Labute approximate surface area is 214 Å². The molecule has 182 valence electrons. The first-order valence-electron chi connectivity index (χ1n) is 12.3. The van der Waals surface area contributed by atoms with Gasteiger partial charge in [0.05, 0.1) is 0 Å². The summed E-state index contributed by atoms with van der Waals surface area (Å²) in [4.78, 5) is 0. The van der Waals surface area contributed by atoms with Crippen LogP contribution in [0.3, 0.4) is 0 Å². The molecule has 0 bridgehead atoms. The topological polar surface area (TPSA) is 90.7 Å². The zero-order chi connectivity index (χ0) is 25.2. The molecule has 0 aliphatic heterocycles. The molecule has 0 saturated carbocycles. The molecule has 5 N–H and O–H groups in total. The van der Waals surface area contributed by atoms with Gasteiger partial charge in [0.2, 0.25) is 0 Å². The van der Waals surface area contributed by atoms with Crippen molar-refractivity contribution >= 4 is 35.7 Å². The van der Waals surface area contributed by atoms with Crippen LogP contribution in [0.4, 0.5) is 0 Å². The third-order valence-electron chi connectivity index (χ3n) is 6.12. The highest BCUT2D eigenvalue weighted by molar-refractivity contribution is 6.80. The minimum atomic E-state index is -0.742. The van der Waals surface area contributed by atoms with Crippen LogP contribution in [0.25, 0.3) is 0 Å². The second-order valence-electron chi connectivity index (χ2n) is 8.64. The SMILES string of the molecule is NCCOB(c1ccccc1)c1ccc(C(O)c2ccc(B(OCCN)c3ccccc3)cc2)cc1. The minimum Gasteiger partial charge on any atom is -0.426 e. The lowest BCUT2D eigenvalue weighted by Crippen LogP contribution is -2.46. The highest BCUT2D eigenvalue weighted by Crippen LogP contribution is 2.20. The molecule has 0 radical (unpaired) electrons. The molecule has 0 saturated heterocycles. The van der Waals surface area contributed by atoms with E-state index in [1.807, 2.05) is 109 Å². The van der Waals surface area contributed by atoms with E-state index in [0.717, 1.165) is 33.0 Å². The summed E-state index contributed by atoms with van der Waals surface area (Å²) in [5, 5.41) is 11.1. The second-order valence-corrected chi connectivity index (χ2v) is 8.64. The maximum absolute atomic E-state index is 11.1. The third kappa shape index (κ3) is 6.52. The van der Waals surface area contributed by atoms with E-state index >= 15 is 0 Å². The molecular weight excluding hydrogens is 446 g/mol. The van der Waals surface area contributed by atoms with Crippen LogP contribution < -0.4 is 33.3 Å². The van der Waals surface area contributed by atoms with E-state index in [4.69, 9.17) is 20.8 Å². The Morgan fingerprint density at radius 2 is 0.861 bits per heavy atom. The Balaban J connectivity index is 1.51. The fourth-order valence-corrected chi connectivity index (χ4v) is 4.30. The Bertz CT molecular complexity index is 1080. The molecule has 0 heterocycles. The van der Waals surface area contributed by atoms with Crippen molar-refractivity contribution in [1.82, 2.24) is 0 Å². The van der Waals surface area contributed by atoms with Crippen molar-refractivity contribution in [1.29, 1.82) is 0 Å². The zero-order valence-corrected chi connectivity index (χ0v) is 20.4. The summed E-state index contributed by atoms with van der Waals surface area (Å²) < 4.78 is 12.1. The van der Waals surface area contributed by atoms with Gasteiger partial charge in [0.25, 0.3) is 0 Å². The first-order chi connectivity index (χ1) is 17.7. The smallest absolute Gasteiger partial charge is 0.361 e. The Hall–Kier alpha value is -3.19. The summed E-state index contributed by atoms with van der Waals surface area (Å²) in [6.45, 7) is 1.44. The highest BCUT2D eigenvalue weighted by Gasteiger charge is 2.23. The van der Waals surface area contributed by atoms with E-state index in [1.54, 1.807) is 0 Å². The van der Waals surface area contributed by atoms with E-state index in [1.165, 1.54) is 0 Å². The quantitative estimate of drug-likeness (QED) is 0.264. The lowest BCUT2D eigenvalue weighted by atomic mass is 9.55. The van der Waals surface area contributed by atoms with Gasteiger partial charge in [0, 0.05) is 26.3 Å².